The highest BCUT2D eigenvalue weighted by atomic mass is 127. The Hall–Kier alpha value is 0.240. The molecule has 1 rings (SSSR count). The van der Waals surface area contributed by atoms with E-state index < -0.39 is 0 Å². The van der Waals surface area contributed by atoms with E-state index >= 15 is 0 Å². The molecule has 0 aromatic carbocycles. The Morgan fingerprint density at radius 2 is 2.33 bits per heavy atom. The number of rotatable bonds is 2. The van der Waals surface area contributed by atoms with Crippen LogP contribution in [0.2, 0.25) is 0 Å². The SMILES string of the molecule is CCC[C@H]1C=CC(I)=CC(Cl)=C1. The lowest BCUT2D eigenvalue weighted by Gasteiger charge is -2.03. The minimum Gasteiger partial charge on any atom is -0.0846 e. The zero-order valence-corrected chi connectivity index (χ0v) is 9.97. The van der Waals surface area contributed by atoms with Crippen LogP contribution in [0.1, 0.15) is 19.8 Å². The first-order valence-corrected chi connectivity index (χ1v) is 5.60. The van der Waals surface area contributed by atoms with Crippen LogP contribution >= 0.6 is 34.2 Å². The number of hydrogen-bond donors (Lipinski definition) is 0. The number of hydrogen-bond acceptors (Lipinski definition) is 0. The Bertz CT molecular complexity index is 238. The van der Waals surface area contributed by atoms with Gasteiger partial charge in [-0.25, -0.2) is 0 Å². The summed E-state index contributed by atoms with van der Waals surface area (Å²) in [5.74, 6) is 0.519. The van der Waals surface area contributed by atoms with Gasteiger partial charge in [0.2, 0.25) is 0 Å². The average molecular weight is 295 g/mol. The summed E-state index contributed by atoms with van der Waals surface area (Å²) in [5, 5.41) is 0.864. The third kappa shape index (κ3) is 3.31. The second-order valence-electron chi connectivity index (χ2n) is 2.89. The van der Waals surface area contributed by atoms with E-state index in [1.165, 1.54) is 16.4 Å². The molecule has 0 saturated carbocycles. The predicted octanol–water partition coefficient (Wildman–Crippen LogP) is 4.41. The van der Waals surface area contributed by atoms with Gasteiger partial charge in [0, 0.05) is 8.61 Å². The van der Waals surface area contributed by atoms with E-state index in [1.807, 2.05) is 6.08 Å². The summed E-state index contributed by atoms with van der Waals surface area (Å²) in [6.45, 7) is 2.19. The summed E-state index contributed by atoms with van der Waals surface area (Å²) in [5.41, 5.74) is 0. The molecule has 0 nitrogen and oxygen atoms in total. The van der Waals surface area contributed by atoms with Crippen molar-refractivity contribution in [3.05, 3.63) is 32.9 Å². The molecular weight excluding hydrogens is 282 g/mol. The molecule has 0 unspecified atom stereocenters. The standard InChI is InChI=1S/C10H12ClI/c1-2-3-8-4-5-10(12)7-9(11)6-8/h4-8H,2-3H2,1H3/t8-/m0/s1. The quantitative estimate of drug-likeness (QED) is 0.662. The zero-order chi connectivity index (χ0) is 8.97. The monoisotopic (exact) mass is 294 g/mol. The van der Waals surface area contributed by atoms with Gasteiger partial charge in [0.05, 0.1) is 0 Å². The summed E-state index contributed by atoms with van der Waals surface area (Å²) in [6, 6.07) is 0. The molecule has 1 aliphatic rings. The number of allylic oxidation sites excluding steroid dienone is 6. The molecule has 0 N–H and O–H groups in total. The van der Waals surface area contributed by atoms with Crippen LogP contribution in [0.15, 0.2) is 32.9 Å². The van der Waals surface area contributed by atoms with Gasteiger partial charge in [-0.3, -0.25) is 0 Å². The Morgan fingerprint density at radius 3 is 3.00 bits per heavy atom. The van der Waals surface area contributed by atoms with Gasteiger partial charge in [-0.15, -0.1) is 0 Å². The van der Waals surface area contributed by atoms with E-state index in [2.05, 4.69) is 47.7 Å². The number of halogens is 2. The highest BCUT2D eigenvalue weighted by Gasteiger charge is 2.04. The topological polar surface area (TPSA) is 0 Å². The van der Waals surface area contributed by atoms with E-state index in [-0.39, 0.29) is 0 Å². The Balaban J connectivity index is 2.72. The van der Waals surface area contributed by atoms with Gasteiger partial charge >= 0.3 is 0 Å². The lowest BCUT2D eigenvalue weighted by Crippen LogP contribution is -1.89. The normalized spacial score (nSPS) is 23.1. The van der Waals surface area contributed by atoms with Crippen LogP contribution in [0.5, 0.6) is 0 Å². The van der Waals surface area contributed by atoms with E-state index in [4.69, 9.17) is 11.6 Å². The van der Waals surface area contributed by atoms with Crippen LogP contribution in [0.25, 0.3) is 0 Å². The predicted molar refractivity (Wildman–Crippen MR) is 63.6 cm³/mol. The van der Waals surface area contributed by atoms with Crippen molar-refractivity contribution in [3.63, 3.8) is 0 Å². The maximum absolute atomic E-state index is 5.99. The van der Waals surface area contributed by atoms with Crippen LogP contribution in [-0.4, -0.2) is 0 Å². The Morgan fingerprint density at radius 1 is 1.58 bits per heavy atom. The van der Waals surface area contributed by atoms with Crippen LogP contribution < -0.4 is 0 Å². The van der Waals surface area contributed by atoms with Crippen molar-refractivity contribution in [2.45, 2.75) is 19.8 Å². The molecule has 1 atom stereocenters. The molecule has 2 heteroatoms. The van der Waals surface area contributed by atoms with Crippen LogP contribution in [0, 0.1) is 5.92 Å². The zero-order valence-electron chi connectivity index (χ0n) is 7.06. The van der Waals surface area contributed by atoms with E-state index in [9.17, 15) is 0 Å². The second-order valence-corrected chi connectivity index (χ2v) is 4.57. The van der Waals surface area contributed by atoms with Crippen molar-refractivity contribution in [2.24, 2.45) is 5.92 Å². The largest absolute Gasteiger partial charge is 0.0846 e. The Labute approximate surface area is 92.5 Å². The summed E-state index contributed by atoms with van der Waals surface area (Å²) in [4.78, 5) is 0. The van der Waals surface area contributed by atoms with Crippen molar-refractivity contribution >= 4 is 34.2 Å². The maximum Gasteiger partial charge on any atom is 0.0382 e. The molecule has 0 aliphatic heterocycles. The molecule has 1 aliphatic carbocycles. The average Bonchev–Trinajstić information content (AvgIpc) is 2.13. The van der Waals surface area contributed by atoms with Crippen LogP contribution in [-0.2, 0) is 0 Å². The summed E-state index contributed by atoms with van der Waals surface area (Å²) < 4.78 is 1.20. The maximum atomic E-state index is 5.99. The first kappa shape index (κ1) is 10.3. The van der Waals surface area contributed by atoms with Crippen molar-refractivity contribution in [1.29, 1.82) is 0 Å². The third-order valence-corrected chi connectivity index (χ3v) is 2.68. The highest BCUT2D eigenvalue weighted by Crippen LogP contribution is 2.23. The highest BCUT2D eigenvalue weighted by molar-refractivity contribution is 14.1. The molecule has 0 saturated heterocycles. The van der Waals surface area contributed by atoms with Gasteiger partial charge in [-0.05, 0) is 41.0 Å². The van der Waals surface area contributed by atoms with Crippen molar-refractivity contribution < 1.29 is 0 Å². The fourth-order valence-corrected chi connectivity index (χ4v) is 2.22. The molecule has 66 valence electrons. The molecule has 0 bridgehead atoms. The molecule has 0 amide bonds. The van der Waals surface area contributed by atoms with E-state index in [0.717, 1.165) is 5.03 Å². The lowest BCUT2D eigenvalue weighted by molar-refractivity contribution is 0.691. The fourth-order valence-electron chi connectivity index (χ4n) is 1.22. The first-order chi connectivity index (χ1) is 5.72. The van der Waals surface area contributed by atoms with Gasteiger partial charge < -0.3 is 0 Å². The van der Waals surface area contributed by atoms with Crippen molar-refractivity contribution in [2.75, 3.05) is 0 Å². The van der Waals surface area contributed by atoms with E-state index in [0.29, 0.717) is 5.92 Å². The summed E-state index contributed by atoms with van der Waals surface area (Å²) in [7, 11) is 0. The second kappa shape index (κ2) is 5.07. The summed E-state index contributed by atoms with van der Waals surface area (Å²) in [6.07, 6.45) is 10.8. The molecule has 0 heterocycles. The molecule has 0 aromatic heterocycles. The van der Waals surface area contributed by atoms with Crippen LogP contribution in [0.3, 0.4) is 0 Å². The van der Waals surface area contributed by atoms with Crippen molar-refractivity contribution in [1.82, 2.24) is 0 Å². The van der Waals surface area contributed by atoms with Gasteiger partial charge in [0.1, 0.15) is 0 Å². The first-order valence-electron chi connectivity index (χ1n) is 4.15. The molecular formula is C10H12ClI. The van der Waals surface area contributed by atoms with Gasteiger partial charge in [0.15, 0.2) is 0 Å². The molecule has 0 spiro atoms. The molecule has 0 radical (unpaired) electrons. The molecule has 12 heavy (non-hydrogen) atoms. The van der Waals surface area contributed by atoms with Crippen molar-refractivity contribution in [3.8, 4) is 0 Å². The molecule has 0 fully saturated rings. The third-order valence-electron chi connectivity index (χ3n) is 1.77. The Kier molecular flexibility index (Phi) is 4.36. The van der Waals surface area contributed by atoms with E-state index in [1.54, 1.807) is 0 Å². The van der Waals surface area contributed by atoms with Crippen LogP contribution in [0.4, 0.5) is 0 Å². The van der Waals surface area contributed by atoms with Gasteiger partial charge in [0.25, 0.3) is 0 Å². The minimum absolute atomic E-state index is 0.519. The fraction of sp³-hybridized carbons (Fsp3) is 0.400. The van der Waals surface area contributed by atoms with Gasteiger partial charge in [-0.1, -0.05) is 43.2 Å². The van der Waals surface area contributed by atoms with Gasteiger partial charge in [-0.2, -0.15) is 0 Å². The lowest BCUT2D eigenvalue weighted by atomic mass is 10.0. The smallest absolute Gasteiger partial charge is 0.0382 e. The minimum atomic E-state index is 0.519. The summed E-state index contributed by atoms with van der Waals surface area (Å²) >= 11 is 8.27. The molecule has 0 aromatic rings.